The van der Waals surface area contributed by atoms with E-state index in [2.05, 4.69) is 11.8 Å². The van der Waals surface area contributed by atoms with E-state index in [1.165, 1.54) is 6.26 Å². The maximum absolute atomic E-state index is 11.5. The van der Waals surface area contributed by atoms with E-state index in [1.54, 1.807) is 18.2 Å². The third-order valence-corrected chi connectivity index (χ3v) is 5.60. The van der Waals surface area contributed by atoms with E-state index in [0.29, 0.717) is 21.5 Å². The van der Waals surface area contributed by atoms with Crippen LogP contribution in [-0.4, -0.2) is 26.6 Å². The Hall–Kier alpha value is -1.07. The molecule has 0 N–H and O–H groups in total. The molecule has 124 valence electrons. The van der Waals surface area contributed by atoms with Gasteiger partial charge in [-0.05, 0) is 49.4 Å². The predicted octanol–water partition coefficient (Wildman–Crippen LogP) is 4.59. The van der Waals surface area contributed by atoms with E-state index in [0.717, 1.165) is 11.1 Å². The fraction of sp³-hybridized carbons (Fsp3) is 0.294. The molecule has 0 bridgehead atoms. The Bertz CT molecular complexity index is 789. The maximum Gasteiger partial charge on any atom is 0.175 e. The SMILES string of the molecule is CC(c1ccc(S(C)(=O)=O)cc1)N(C)Cc1ccc(Cl)cc1Cl. The zero-order chi connectivity index (χ0) is 17.2. The molecule has 23 heavy (non-hydrogen) atoms. The molecular formula is C17H19Cl2NO2S. The van der Waals surface area contributed by atoms with Crippen molar-refractivity contribution in [1.29, 1.82) is 0 Å². The molecule has 0 spiro atoms. The smallest absolute Gasteiger partial charge is 0.175 e. The molecule has 6 heteroatoms. The molecule has 1 unspecified atom stereocenters. The first-order valence-corrected chi connectivity index (χ1v) is 9.77. The molecule has 0 radical (unpaired) electrons. The molecule has 1 atom stereocenters. The average molecular weight is 372 g/mol. The number of sulfone groups is 1. The van der Waals surface area contributed by atoms with Gasteiger partial charge in [-0.2, -0.15) is 0 Å². The Morgan fingerprint density at radius 1 is 1.09 bits per heavy atom. The van der Waals surface area contributed by atoms with Gasteiger partial charge in [-0.25, -0.2) is 8.42 Å². The summed E-state index contributed by atoms with van der Waals surface area (Å²) < 4.78 is 23.0. The lowest BCUT2D eigenvalue weighted by atomic mass is 10.1. The van der Waals surface area contributed by atoms with E-state index < -0.39 is 9.84 Å². The Morgan fingerprint density at radius 2 is 1.70 bits per heavy atom. The van der Waals surface area contributed by atoms with Gasteiger partial charge in [0.1, 0.15) is 0 Å². The highest BCUT2D eigenvalue weighted by Gasteiger charge is 2.15. The molecule has 0 saturated carbocycles. The summed E-state index contributed by atoms with van der Waals surface area (Å²) in [6, 6.07) is 12.6. The number of benzene rings is 2. The first kappa shape index (κ1) is 18.3. The van der Waals surface area contributed by atoms with Gasteiger partial charge in [0.05, 0.1) is 4.90 Å². The van der Waals surface area contributed by atoms with Crippen molar-refractivity contribution in [1.82, 2.24) is 4.90 Å². The van der Waals surface area contributed by atoms with Gasteiger partial charge in [-0.3, -0.25) is 4.90 Å². The molecule has 0 fully saturated rings. The van der Waals surface area contributed by atoms with E-state index in [9.17, 15) is 8.42 Å². The lowest BCUT2D eigenvalue weighted by Crippen LogP contribution is -2.22. The minimum Gasteiger partial charge on any atom is -0.295 e. The second-order valence-corrected chi connectivity index (χ2v) is 8.53. The van der Waals surface area contributed by atoms with Crippen LogP contribution in [0.5, 0.6) is 0 Å². The predicted molar refractivity (Wildman–Crippen MR) is 95.9 cm³/mol. The van der Waals surface area contributed by atoms with Crippen molar-refractivity contribution in [2.24, 2.45) is 0 Å². The second kappa shape index (κ2) is 7.22. The molecule has 0 aliphatic rings. The van der Waals surface area contributed by atoms with Gasteiger partial charge in [-0.15, -0.1) is 0 Å². The minimum absolute atomic E-state index is 0.121. The molecule has 0 aliphatic carbocycles. The van der Waals surface area contributed by atoms with Crippen LogP contribution in [-0.2, 0) is 16.4 Å². The fourth-order valence-electron chi connectivity index (χ4n) is 2.30. The van der Waals surface area contributed by atoms with Crippen LogP contribution in [0.3, 0.4) is 0 Å². The Labute approximate surface area is 147 Å². The topological polar surface area (TPSA) is 37.4 Å². The third-order valence-electron chi connectivity index (χ3n) is 3.89. The van der Waals surface area contributed by atoms with Crippen molar-refractivity contribution >= 4 is 33.0 Å². The van der Waals surface area contributed by atoms with Crippen molar-refractivity contribution in [2.75, 3.05) is 13.3 Å². The molecule has 0 amide bonds. The summed E-state index contributed by atoms with van der Waals surface area (Å²) in [6.45, 7) is 2.74. The second-order valence-electron chi connectivity index (χ2n) is 5.67. The summed E-state index contributed by atoms with van der Waals surface area (Å²) in [4.78, 5) is 2.47. The molecule has 3 nitrogen and oxygen atoms in total. The summed E-state index contributed by atoms with van der Waals surface area (Å²) in [5, 5.41) is 1.26. The Morgan fingerprint density at radius 3 is 2.22 bits per heavy atom. The fourth-order valence-corrected chi connectivity index (χ4v) is 3.40. The van der Waals surface area contributed by atoms with E-state index >= 15 is 0 Å². The van der Waals surface area contributed by atoms with Gasteiger partial charge in [0.25, 0.3) is 0 Å². The standard InChI is InChI=1S/C17H19Cl2NO2S/c1-12(13-5-8-16(9-6-13)23(3,21)22)20(2)11-14-4-7-15(18)10-17(14)19/h4-10,12H,11H2,1-3H3. The van der Waals surface area contributed by atoms with Crippen LogP contribution >= 0.6 is 23.2 Å². The number of nitrogens with zero attached hydrogens (tertiary/aromatic N) is 1. The molecule has 0 aliphatic heterocycles. The highest BCUT2D eigenvalue weighted by molar-refractivity contribution is 7.90. The normalized spacial score (nSPS) is 13.3. The molecular weight excluding hydrogens is 353 g/mol. The number of hydrogen-bond donors (Lipinski definition) is 0. The molecule has 0 saturated heterocycles. The largest absolute Gasteiger partial charge is 0.295 e. The van der Waals surface area contributed by atoms with Crippen LogP contribution in [0.4, 0.5) is 0 Å². The average Bonchev–Trinajstić information content (AvgIpc) is 2.48. The van der Waals surface area contributed by atoms with Gasteiger partial charge < -0.3 is 0 Å². The van der Waals surface area contributed by atoms with Gasteiger partial charge in [0.15, 0.2) is 9.84 Å². The summed E-state index contributed by atoms with van der Waals surface area (Å²) in [5.74, 6) is 0. The molecule has 2 rings (SSSR count). The summed E-state index contributed by atoms with van der Waals surface area (Å²) in [7, 11) is -1.17. The summed E-state index contributed by atoms with van der Waals surface area (Å²) in [6.07, 6.45) is 1.21. The van der Waals surface area contributed by atoms with Gasteiger partial charge >= 0.3 is 0 Å². The van der Waals surface area contributed by atoms with Crippen LogP contribution in [0.25, 0.3) is 0 Å². The summed E-state index contributed by atoms with van der Waals surface area (Å²) >= 11 is 12.1. The van der Waals surface area contributed by atoms with E-state index in [-0.39, 0.29) is 6.04 Å². The van der Waals surface area contributed by atoms with Crippen molar-refractivity contribution in [3.05, 3.63) is 63.6 Å². The van der Waals surface area contributed by atoms with Crippen molar-refractivity contribution in [2.45, 2.75) is 24.4 Å². The monoisotopic (exact) mass is 371 g/mol. The molecule has 2 aromatic rings. The first-order valence-electron chi connectivity index (χ1n) is 7.12. The number of hydrogen-bond acceptors (Lipinski definition) is 3. The zero-order valence-corrected chi connectivity index (χ0v) is 15.6. The number of halogens is 2. The lowest BCUT2D eigenvalue weighted by molar-refractivity contribution is 0.253. The first-order chi connectivity index (χ1) is 10.7. The highest BCUT2D eigenvalue weighted by atomic mass is 35.5. The van der Waals surface area contributed by atoms with Gasteiger partial charge in [-0.1, -0.05) is 41.4 Å². The molecule has 0 aromatic heterocycles. The van der Waals surface area contributed by atoms with E-state index in [4.69, 9.17) is 23.2 Å². The van der Waals surface area contributed by atoms with Gasteiger partial charge in [0.2, 0.25) is 0 Å². The van der Waals surface area contributed by atoms with Crippen molar-refractivity contribution in [3.8, 4) is 0 Å². The minimum atomic E-state index is -3.17. The van der Waals surface area contributed by atoms with Crippen LogP contribution in [0.15, 0.2) is 47.4 Å². The maximum atomic E-state index is 11.5. The highest BCUT2D eigenvalue weighted by Crippen LogP contribution is 2.26. The van der Waals surface area contributed by atoms with Crippen molar-refractivity contribution in [3.63, 3.8) is 0 Å². The lowest BCUT2D eigenvalue weighted by Gasteiger charge is -2.25. The quantitative estimate of drug-likeness (QED) is 0.770. The molecule has 0 heterocycles. The summed E-state index contributed by atoms with van der Waals surface area (Å²) in [5.41, 5.74) is 2.04. The van der Waals surface area contributed by atoms with Crippen LogP contribution < -0.4 is 0 Å². The van der Waals surface area contributed by atoms with Crippen molar-refractivity contribution < 1.29 is 8.42 Å². The molecule has 2 aromatic carbocycles. The van der Waals surface area contributed by atoms with Crippen LogP contribution in [0.2, 0.25) is 10.0 Å². The van der Waals surface area contributed by atoms with Gasteiger partial charge in [0, 0.05) is 28.9 Å². The Balaban J connectivity index is 2.14. The van der Waals surface area contributed by atoms with E-state index in [1.807, 2.05) is 31.3 Å². The third kappa shape index (κ3) is 4.70. The van der Waals surface area contributed by atoms with Crippen LogP contribution in [0.1, 0.15) is 24.1 Å². The zero-order valence-electron chi connectivity index (χ0n) is 13.3. The number of rotatable bonds is 5. The van der Waals surface area contributed by atoms with Crippen LogP contribution in [0, 0.1) is 0 Å². The Kier molecular flexibility index (Phi) is 5.74.